The molecule has 1 unspecified atom stereocenters. The Hall–Kier alpha value is -0.240. The SMILES string of the molecule is [2H]C(C)(C)OC1(OC)OC[C@@H](O)[C@@H](O)[C@H]1O. The predicted octanol–water partition coefficient (Wildman–Crippen LogP) is -1.18. The minimum absolute atomic E-state index is 0.248. The Labute approximate surface area is 89.8 Å². The number of ether oxygens (including phenoxy) is 3. The molecule has 0 aromatic carbocycles. The third kappa shape index (κ3) is 2.47. The Morgan fingerprint density at radius 2 is 2.07 bits per heavy atom. The van der Waals surface area contributed by atoms with Gasteiger partial charge >= 0.3 is 5.97 Å². The Morgan fingerprint density at radius 3 is 2.53 bits per heavy atom. The summed E-state index contributed by atoms with van der Waals surface area (Å²) in [5.74, 6) is -1.93. The van der Waals surface area contributed by atoms with E-state index in [1.54, 1.807) is 0 Å². The summed E-state index contributed by atoms with van der Waals surface area (Å²) < 4.78 is 22.7. The van der Waals surface area contributed by atoms with Gasteiger partial charge in [0.25, 0.3) is 0 Å². The lowest BCUT2D eigenvalue weighted by molar-refractivity contribution is -0.445. The third-order valence-electron chi connectivity index (χ3n) is 2.17. The Balaban J connectivity index is 2.87. The van der Waals surface area contributed by atoms with Gasteiger partial charge in [-0.3, -0.25) is 0 Å². The molecule has 1 rings (SSSR count). The molecule has 3 N–H and O–H groups in total. The van der Waals surface area contributed by atoms with Crippen LogP contribution in [-0.4, -0.2) is 59.4 Å². The zero-order chi connectivity index (χ0) is 12.6. The molecular formula is C9H18O6. The van der Waals surface area contributed by atoms with Gasteiger partial charge in [-0.05, 0) is 13.8 Å². The molecule has 90 valence electrons. The molecule has 0 aromatic rings. The van der Waals surface area contributed by atoms with Crippen LogP contribution < -0.4 is 0 Å². The van der Waals surface area contributed by atoms with Gasteiger partial charge < -0.3 is 29.5 Å². The average Bonchev–Trinajstić information content (AvgIpc) is 2.18. The second-order valence-electron chi connectivity index (χ2n) is 3.63. The maximum Gasteiger partial charge on any atom is 0.313 e. The van der Waals surface area contributed by atoms with E-state index in [0.29, 0.717) is 0 Å². The molecule has 15 heavy (non-hydrogen) atoms. The van der Waals surface area contributed by atoms with Gasteiger partial charge in [0.2, 0.25) is 0 Å². The largest absolute Gasteiger partial charge is 0.388 e. The highest BCUT2D eigenvalue weighted by Gasteiger charge is 2.52. The monoisotopic (exact) mass is 223 g/mol. The third-order valence-corrected chi connectivity index (χ3v) is 2.17. The second kappa shape index (κ2) is 4.73. The molecule has 6 heteroatoms. The first-order chi connectivity index (χ1) is 7.22. The van der Waals surface area contributed by atoms with Crippen molar-refractivity contribution in [2.75, 3.05) is 13.7 Å². The number of methoxy groups -OCH3 is 1. The molecule has 0 aromatic heterocycles. The fraction of sp³-hybridized carbons (Fsp3) is 1.00. The van der Waals surface area contributed by atoms with Gasteiger partial charge in [-0.1, -0.05) is 0 Å². The van der Waals surface area contributed by atoms with Gasteiger partial charge in [0.05, 0.1) is 14.1 Å². The fourth-order valence-electron chi connectivity index (χ4n) is 1.40. The standard InChI is InChI=1S/C9H18O6/c1-5(2)15-9(13-3)8(12)7(11)6(10)4-14-9/h5-8,10-12H,4H2,1-3H3/t6-,7-,8-,9?/m1/s1/i5D. The van der Waals surface area contributed by atoms with E-state index in [2.05, 4.69) is 0 Å². The maximum atomic E-state index is 9.75. The molecular weight excluding hydrogens is 204 g/mol. The summed E-state index contributed by atoms with van der Waals surface area (Å²) in [6, 6.07) is 0. The highest BCUT2D eigenvalue weighted by molar-refractivity contribution is 4.87. The van der Waals surface area contributed by atoms with E-state index < -0.39 is 30.4 Å². The van der Waals surface area contributed by atoms with Crippen LogP contribution in [0.1, 0.15) is 15.2 Å². The van der Waals surface area contributed by atoms with Crippen LogP contribution in [-0.2, 0) is 14.2 Å². The lowest BCUT2D eigenvalue weighted by Crippen LogP contribution is -2.63. The summed E-state index contributed by atoms with van der Waals surface area (Å²) in [6.07, 6.45) is -5.63. The van der Waals surface area contributed by atoms with E-state index >= 15 is 0 Å². The van der Waals surface area contributed by atoms with Crippen molar-refractivity contribution in [1.29, 1.82) is 0 Å². The zero-order valence-electron chi connectivity index (χ0n) is 10.0. The first-order valence-electron chi connectivity index (χ1n) is 5.15. The molecule has 1 fully saturated rings. The van der Waals surface area contributed by atoms with Crippen molar-refractivity contribution in [2.45, 2.75) is 44.2 Å². The van der Waals surface area contributed by atoms with Gasteiger partial charge in [0.15, 0.2) is 6.10 Å². The lowest BCUT2D eigenvalue weighted by atomic mass is 10.0. The zero-order valence-corrected chi connectivity index (χ0v) is 9.01. The molecule has 0 saturated carbocycles. The molecule has 1 heterocycles. The van der Waals surface area contributed by atoms with E-state index in [-0.39, 0.29) is 6.61 Å². The second-order valence-corrected chi connectivity index (χ2v) is 3.63. The number of aliphatic hydroxyl groups is 3. The fourth-order valence-corrected chi connectivity index (χ4v) is 1.40. The predicted molar refractivity (Wildman–Crippen MR) is 49.9 cm³/mol. The van der Waals surface area contributed by atoms with Gasteiger partial charge in [0.1, 0.15) is 12.2 Å². The summed E-state index contributed by atoms with van der Waals surface area (Å²) >= 11 is 0. The molecule has 0 bridgehead atoms. The number of hydrogen-bond donors (Lipinski definition) is 3. The van der Waals surface area contributed by atoms with E-state index in [0.717, 1.165) is 0 Å². The number of rotatable bonds is 3. The van der Waals surface area contributed by atoms with Gasteiger partial charge in [-0.25, -0.2) is 0 Å². The highest BCUT2D eigenvalue weighted by atomic mass is 16.9. The average molecular weight is 223 g/mol. The Morgan fingerprint density at radius 1 is 1.47 bits per heavy atom. The van der Waals surface area contributed by atoms with Crippen molar-refractivity contribution >= 4 is 0 Å². The van der Waals surface area contributed by atoms with Gasteiger partial charge in [0, 0.05) is 7.11 Å². The van der Waals surface area contributed by atoms with Crippen LogP contribution in [0.15, 0.2) is 0 Å². The van der Waals surface area contributed by atoms with Crippen LogP contribution in [0.4, 0.5) is 0 Å². The van der Waals surface area contributed by atoms with E-state index in [1.807, 2.05) is 0 Å². The number of hydrogen-bond acceptors (Lipinski definition) is 6. The smallest absolute Gasteiger partial charge is 0.313 e. The minimum Gasteiger partial charge on any atom is -0.388 e. The van der Waals surface area contributed by atoms with Crippen LogP contribution in [0.25, 0.3) is 0 Å². The Bertz CT molecular complexity index is 243. The van der Waals surface area contributed by atoms with Crippen LogP contribution in [0.3, 0.4) is 0 Å². The summed E-state index contributed by atoms with van der Waals surface area (Å²) in [5, 5.41) is 28.5. The quantitative estimate of drug-likeness (QED) is 0.522. The van der Waals surface area contributed by atoms with Gasteiger partial charge in [-0.15, -0.1) is 0 Å². The van der Waals surface area contributed by atoms with Crippen LogP contribution in [0.2, 0.25) is 0 Å². The minimum atomic E-state index is -1.93. The van der Waals surface area contributed by atoms with Gasteiger partial charge in [-0.2, -0.15) is 0 Å². The molecule has 0 spiro atoms. The van der Waals surface area contributed by atoms with Crippen molar-refractivity contribution in [3.8, 4) is 0 Å². The number of aliphatic hydroxyl groups excluding tert-OH is 3. The topological polar surface area (TPSA) is 88.4 Å². The molecule has 0 aliphatic carbocycles. The Kier molecular flexibility index (Phi) is 3.55. The summed E-state index contributed by atoms with van der Waals surface area (Å²) in [6.45, 7) is 2.62. The maximum absolute atomic E-state index is 9.75. The first-order valence-corrected chi connectivity index (χ1v) is 4.65. The summed E-state index contributed by atoms with van der Waals surface area (Å²) in [5.41, 5.74) is 0. The normalized spacial score (nSPS) is 43.9. The van der Waals surface area contributed by atoms with E-state index in [9.17, 15) is 15.3 Å². The van der Waals surface area contributed by atoms with Crippen LogP contribution in [0.5, 0.6) is 0 Å². The molecule has 0 amide bonds. The van der Waals surface area contributed by atoms with Crippen LogP contribution >= 0.6 is 0 Å². The van der Waals surface area contributed by atoms with Crippen molar-refractivity contribution in [3.63, 3.8) is 0 Å². The summed E-state index contributed by atoms with van der Waals surface area (Å²) in [7, 11) is 1.22. The molecule has 1 aliphatic rings. The van der Waals surface area contributed by atoms with Crippen LogP contribution in [0, 0.1) is 0 Å². The first kappa shape index (κ1) is 11.3. The van der Waals surface area contributed by atoms with Crippen molar-refractivity contribution < 1.29 is 30.9 Å². The van der Waals surface area contributed by atoms with E-state index in [4.69, 9.17) is 15.6 Å². The molecule has 0 radical (unpaired) electrons. The summed E-state index contributed by atoms with van der Waals surface area (Å²) in [4.78, 5) is 0. The lowest BCUT2D eigenvalue weighted by Gasteiger charge is -2.43. The van der Waals surface area contributed by atoms with Crippen molar-refractivity contribution in [3.05, 3.63) is 0 Å². The molecule has 4 atom stereocenters. The van der Waals surface area contributed by atoms with Crippen molar-refractivity contribution in [2.24, 2.45) is 0 Å². The molecule has 6 nitrogen and oxygen atoms in total. The van der Waals surface area contributed by atoms with Crippen molar-refractivity contribution in [1.82, 2.24) is 0 Å². The molecule has 1 saturated heterocycles. The molecule has 1 aliphatic heterocycles. The van der Waals surface area contributed by atoms with E-state index in [1.165, 1.54) is 21.0 Å². The highest BCUT2D eigenvalue weighted by Crippen LogP contribution is 2.29.